The lowest BCUT2D eigenvalue weighted by Crippen LogP contribution is -2.24. The number of anilines is 1. The highest BCUT2D eigenvalue weighted by atomic mass is 32.2. The van der Waals surface area contributed by atoms with Crippen molar-refractivity contribution < 1.29 is 13.2 Å². The van der Waals surface area contributed by atoms with Crippen molar-refractivity contribution in [3.05, 3.63) is 29.8 Å². The highest BCUT2D eigenvalue weighted by molar-refractivity contribution is 7.92. The van der Waals surface area contributed by atoms with E-state index in [1.165, 1.54) is 0 Å². The summed E-state index contributed by atoms with van der Waals surface area (Å²) in [5.41, 5.74) is 1.38. The summed E-state index contributed by atoms with van der Waals surface area (Å²) < 4.78 is 24.6. The quantitative estimate of drug-likeness (QED) is 0.839. The first-order chi connectivity index (χ1) is 8.44. The molecule has 0 saturated heterocycles. The van der Waals surface area contributed by atoms with Crippen molar-refractivity contribution in [2.24, 2.45) is 5.92 Å². The Morgan fingerprint density at radius 3 is 2.72 bits per heavy atom. The summed E-state index contributed by atoms with van der Waals surface area (Å²) in [5, 5.41) is 2.83. The number of nitrogens with one attached hydrogen (secondary N) is 2. The van der Waals surface area contributed by atoms with E-state index in [0.29, 0.717) is 12.2 Å². The minimum Gasteiger partial charge on any atom is -0.352 e. The van der Waals surface area contributed by atoms with Crippen LogP contribution in [-0.4, -0.2) is 20.6 Å². The van der Waals surface area contributed by atoms with E-state index < -0.39 is 10.0 Å². The molecule has 2 rings (SSSR count). The van der Waals surface area contributed by atoms with E-state index in [4.69, 9.17) is 0 Å². The zero-order valence-corrected chi connectivity index (χ0v) is 11.0. The van der Waals surface area contributed by atoms with Crippen molar-refractivity contribution in [2.75, 3.05) is 11.0 Å². The minimum absolute atomic E-state index is 0.0801. The zero-order valence-electron chi connectivity index (χ0n) is 10.1. The van der Waals surface area contributed by atoms with Crippen molar-refractivity contribution in [1.82, 2.24) is 5.32 Å². The van der Waals surface area contributed by atoms with Crippen LogP contribution in [0.3, 0.4) is 0 Å². The predicted molar refractivity (Wildman–Crippen MR) is 69.5 cm³/mol. The summed E-state index contributed by atoms with van der Waals surface area (Å²) in [4.78, 5) is 11.5. The molecular weight excluding hydrogens is 252 g/mol. The van der Waals surface area contributed by atoms with Crippen molar-refractivity contribution >= 4 is 21.6 Å². The molecule has 98 valence electrons. The fourth-order valence-electron chi connectivity index (χ4n) is 1.64. The predicted octanol–water partition coefficient (Wildman–Crippen LogP) is 1.08. The fraction of sp³-hybridized carbons (Fsp3) is 0.417. The first-order valence-corrected chi connectivity index (χ1v) is 7.67. The Kier molecular flexibility index (Phi) is 3.56. The van der Waals surface area contributed by atoms with Gasteiger partial charge in [-0.05, 0) is 30.5 Å². The molecule has 0 aliphatic heterocycles. The second kappa shape index (κ2) is 4.97. The van der Waals surface area contributed by atoms with Crippen LogP contribution in [-0.2, 0) is 21.4 Å². The molecule has 6 heteroatoms. The van der Waals surface area contributed by atoms with E-state index in [1.54, 1.807) is 18.2 Å². The first-order valence-electron chi connectivity index (χ1n) is 5.78. The molecule has 0 heterocycles. The van der Waals surface area contributed by atoms with Crippen molar-refractivity contribution in [1.29, 1.82) is 0 Å². The number of benzene rings is 1. The van der Waals surface area contributed by atoms with Gasteiger partial charge in [-0.1, -0.05) is 12.1 Å². The van der Waals surface area contributed by atoms with Gasteiger partial charge >= 0.3 is 0 Å². The molecule has 1 aliphatic carbocycles. The lowest BCUT2D eigenvalue weighted by Gasteiger charge is -2.07. The van der Waals surface area contributed by atoms with Crippen LogP contribution < -0.4 is 10.0 Å². The van der Waals surface area contributed by atoms with E-state index in [2.05, 4.69) is 10.0 Å². The van der Waals surface area contributed by atoms with Crippen LogP contribution in [0, 0.1) is 5.92 Å². The summed E-state index contributed by atoms with van der Waals surface area (Å²) in [6.07, 6.45) is 3.05. The molecule has 1 aromatic carbocycles. The molecule has 1 aliphatic rings. The molecule has 0 radical (unpaired) electrons. The van der Waals surface area contributed by atoms with Crippen LogP contribution in [0.1, 0.15) is 18.4 Å². The molecule has 0 atom stereocenters. The Balaban J connectivity index is 1.96. The van der Waals surface area contributed by atoms with Gasteiger partial charge in [-0.15, -0.1) is 0 Å². The molecule has 1 saturated carbocycles. The average molecular weight is 268 g/mol. The van der Waals surface area contributed by atoms with E-state index in [0.717, 1.165) is 24.7 Å². The van der Waals surface area contributed by atoms with Gasteiger partial charge in [0.1, 0.15) is 0 Å². The third kappa shape index (κ3) is 4.03. The average Bonchev–Trinajstić information content (AvgIpc) is 3.07. The topological polar surface area (TPSA) is 75.3 Å². The number of sulfonamides is 1. The number of carbonyl (C=O) groups is 1. The molecular formula is C12H16N2O3S. The maximum absolute atomic E-state index is 11.5. The normalized spacial score (nSPS) is 15.2. The van der Waals surface area contributed by atoms with E-state index >= 15 is 0 Å². The van der Waals surface area contributed by atoms with Gasteiger partial charge in [0.2, 0.25) is 15.9 Å². The first kappa shape index (κ1) is 12.9. The maximum Gasteiger partial charge on any atom is 0.229 e. The van der Waals surface area contributed by atoms with Crippen LogP contribution >= 0.6 is 0 Å². The SMILES string of the molecule is CS(=O)(=O)Nc1cccc(CNC(=O)C2CC2)c1. The third-order valence-corrected chi connectivity index (χ3v) is 3.25. The Morgan fingerprint density at radius 1 is 1.39 bits per heavy atom. The van der Waals surface area contributed by atoms with Gasteiger partial charge in [0.05, 0.1) is 6.26 Å². The van der Waals surface area contributed by atoms with Crippen LogP contribution in [0.25, 0.3) is 0 Å². The second-order valence-electron chi connectivity index (χ2n) is 4.57. The lowest BCUT2D eigenvalue weighted by atomic mass is 10.2. The maximum atomic E-state index is 11.5. The van der Waals surface area contributed by atoms with Crippen molar-refractivity contribution in [3.8, 4) is 0 Å². The van der Waals surface area contributed by atoms with E-state index in [9.17, 15) is 13.2 Å². The van der Waals surface area contributed by atoms with Gasteiger partial charge in [-0.2, -0.15) is 0 Å². The molecule has 0 bridgehead atoms. The van der Waals surface area contributed by atoms with Crippen LogP contribution in [0.2, 0.25) is 0 Å². The molecule has 1 amide bonds. The molecule has 0 spiro atoms. The summed E-state index contributed by atoms with van der Waals surface area (Å²) >= 11 is 0. The van der Waals surface area contributed by atoms with Crippen molar-refractivity contribution in [3.63, 3.8) is 0 Å². The number of rotatable bonds is 5. The second-order valence-corrected chi connectivity index (χ2v) is 6.32. The van der Waals surface area contributed by atoms with Crippen LogP contribution in [0.4, 0.5) is 5.69 Å². The van der Waals surface area contributed by atoms with Gasteiger partial charge < -0.3 is 5.32 Å². The number of hydrogen-bond acceptors (Lipinski definition) is 3. The lowest BCUT2D eigenvalue weighted by molar-refractivity contribution is -0.122. The zero-order chi connectivity index (χ0) is 13.2. The molecule has 18 heavy (non-hydrogen) atoms. The fourth-order valence-corrected chi connectivity index (χ4v) is 2.19. The van der Waals surface area contributed by atoms with Gasteiger partial charge in [-0.25, -0.2) is 8.42 Å². The smallest absolute Gasteiger partial charge is 0.229 e. The van der Waals surface area contributed by atoms with Gasteiger partial charge in [0.25, 0.3) is 0 Å². The summed E-state index contributed by atoms with van der Waals surface area (Å²) in [7, 11) is -3.27. The highest BCUT2D eigenvalue weighted by Gasteiger charge is 2.29. The summed E-state index contributed by atoms with van der Waals surface area (Å²) in [5.74, 6) is 0.263. The summed E-state index contributed by atoms with van der Waals surface area (Å²) in [6.45, 7) is 0.425. The largest absolute Gasteiger partial charge is 0.352 e. The van der Waals surface area contributed by atoms with Crippen molar-refractivity contribution in [2.45, 2.75) is 19.4 Å². The molecule has 5 nitrogen and oxygen atoms in total. The standard InChI is InChI=1S/C12H16N2O3S/c1-18(16,17)14-11-4-2-3-9(7-11)8-13-12(15)10-5-6-10/h2-4,7,10,14H,5-6,8H2,1H3,(H,13,15). The van der Waals surface area contributed by atoms with Crippen LogP contribution in [0.5, 0.6) is 0 Å². The highest BCUT2D eigenvalue weighted by Crippen LogP contribution is 2.28. The van der Waals surface area contributed by atoms with E-state index in [-0.39, 0.29) is 11.8 Å². The molecule has 0 unspecified atom stereocenters. The van der Waals surface area contributed by atoms with Gasteiger partial charge in [0, 0.05) is 18.2 Å². The van der Waals surface area contributed by atoms with E-state index in [1.807, 2.05) is 6.07 Å². The molecule has 2 N–H and O–H groups in total. The molecule has 0 aromatic heterocycles. The summed E-state index contributed by atoms with van der Waals surface area (Å²) in [6, 6.07) is 6.99. The monoisotopic (exact) mass is 268 g/mol. The minimum atomic E-state index is -3.27. The van der Waals surface area contributed by atoms with Gasteiger partial charge in [-0.3, -0.25) is 9.52 Å². The Hall–Kier alpha value is -1.56. The third-order valence-electron chi connectivity index (χ3n) is 2.65. The number of carbonyl (C=O) groups excluding carboxylic acids is 1. The number of amides is 1. The Morgan fingerprint density at radius 2 is 2.11 bits per heavy atom. The number of hydrogen-bond donors (Lipinski definition) is 2. The molecule has 1 aromatic rings. The Bertz CT molecular complexity index is 550. The van der Waals surface area contributed by atoms with Gasteiger partial charge in [0.15, 0.2) is 0 Å². The van der Waals surface area contributed by atoms with Crippen LogP contribution in [0.15, 0.2) is 24.3 Å². The molecule has 1 fully saturated rings. The Labute approximate surface area is 107 Å².